The molecule has 6 heteroatoms. The van der Waals surface area contributed by atoms with E-state index in [4.69, 9.17) is 0 Å². The first-order valence-corrected chi connectivity index (χ1v) is 4.36. The SMILES string of the molecule is CNCCn1nc2cnccn2c1=O. The summed E-state index contributed by atoms with van der Waals surface area (Å²) in [6.45, 7) is 1.29. The Morgan fingerprint density at radius 2 is 2.43 bits per heavy atom. The van der Waals surface area contributed by atoms with E-state index < -0.39 is 0 Å². The largest absolute Gasteiger partial charge is 0.350 e. The molecule has 6 nitrogen and oxygen atoms in total. The molecule has 2 aromatic rings. The molecule has 0 saturated carbocycles. The van der Waals surface area contributed by atoms with Gasteiger partial charge in [-0.2, -0.15) is 0 Å². The highest BCUT2D eigenvalue weighted by molar-refractivity contribution is 5.31. The van der Waals surface area contributed by atoms with E-state index >= 15 is 0 Å². The number of rotatable bonds is 3. The lowest BCUT2D eigenvalue weighted by molar-refractivity contribution is 0.567. The van der Waals surface area contributed by atoms with Crippen molar-refractivity contribution in [2.75, 3.05) is 13.6 Å². The second-order valence-electron chi connectivity index (χ2n) is 2.91. The zero-order chi connectivity index (χ0) is 9.97. The molecule has 0 spiro atoms. The molecule has 0 saturated heterocycles. The molecule has 0 aliphatic heterocycles. The van der Waals surface area contributed by atoms with Crippen LogP contribution in [0.5, 0.6) is 0 Å². The Kier molecular flexibility index (Phi) is 2.28. The molecule has 0 fully saturated rings. The zero-order valence-corrected chi connectivity index (χ0v) is 7.84. The van der Waals surface area contributed by atoms with Gasteiger partial charge in [-0.3, -0.25) is 4.98 Å². The zero-order valence-electron chi connectivity index (χ0n) is 7.84. The fourth-order valence-corrected chi connectivity index (χ4v) is 1.24. The summed E-state index contributed by atoms with van der Waals surface area (Å²) in [5.41, 5.74) is 0.450. The van der Waals surface area contributed by atoms with E-state index in [1.807, 2.05) is 7.05 Å². The second kappa shape index (κ2) is 3.59. The molecule has 0 aromatic carbocycles. The van der Waals surface area contributed by atoms with Crippen LogP contribution in [0.15, 0.2) is 23.4 Å². The summed E-state index contributed by atoms with van der Waals surface area (Å²) in [5, 5.41) is 7.08. The van der Waals surface area contributed by atoms with Crippen molar-refractivity contribution in [3.05, 3.63) is 29.1 Å². The molecule has 0 amide bonds. The number of hydrogen-bond donors (Lipinski definition) is 1. The maximum Gasteiger partial charge on any atom is 0.350 e. The predicted molar refractivity (Wildman–Crippen MR) is 51.2 cm³/mol. The first-order chi connectivity index (χ1) is 6.83. The van der Waals surface area contributed by atoms with Crippen LogP contribution in [0.3, 0.4) is 0 Å². The molecule has 0 bridgehead atoms. The smallest absolute Gasteiger partial charge is 0.318 e. The standard InChI is InChI=1S/C8H11N5O/c1-9-2-5-13-8(14)12-4-3-10-6-7(12)11-13/h3-4,6,9H,2,5H2,1H3. The molecule has 0 radical (unpaired) electrons. The topological polar surface area (TPSA) is 64.2 Å². The molecule has 2 rings (SSSR count). The van der Waals surface area contributed by atoms with Gasteiger partial charge in [-0.05, 0) is 7.05 Å². The van der Waals surface area contributed by atoms with Crippen molar-refractivity contribution in [2.24, 2.45) is 0 Å². The van der Waals surface area contributed by atoms with Crippen molar-refractivity contribution in [2.45, 2.75) is 6.54 Å². The minimum Gasteiger partial charge on any atom is -0.318 e. The highest BCUT2D eigenvalue weighted by atomic mass is 16.2. The number of nitrogens with zero attached hydrogens (tertiary/aromatic N) is 4. The molecule has 2 heterocycles. The van der Waals surface area contributed by atoms with E-state index in [-0.39, 0.29) is 5.69 Å². The third-order valence-electron chi connectivity index (χ3n) is 1.96. The van der Waals surface area contributed by atoms with Gasteiger partial charge in [0.1, 0.15) is 0 Å². The van der Waals surface area contributed by atoms with Crippen LogP contribution in [-0.2, 0) is 6.54 Å². The third-order valence-corrected chi connectivity index (χ3v) is 1.96. The number of nitrogens with one attached hydrogen (secondary N) is 1. The second-order valence-corrected chi connectivity index (χ2v) is 2.91. The van der Waals surface area contributed by atoms with Gasteiger partial charge in [0.15, 0.2) is 5.65 Å². The van der Waals surface area contributed by atoms with Gasteiger partial charge in [-0.1, -0.05) is 0 Å². The van der Waals surface area contributed by atoms with Gasteiger partial charge < -0.3 is 5.32 Å². The molecule has 74 valence electrons. The van der Waals surface area contributed by atoms with E-state index in [2.05, 4.69) is 15.4 Å². The highest BCUT2D eigenvalue weighted by Gasteiger charge is 2.04. The van der Waals surface area contributed by atoms with Crippen LogP contribution in [0.1, 0.15) is 0 Å². The summed E-state index contributed by atoms with van der Waals surface area (Å²) >= 11 is 0. The van der Waals surface area contributed by atoms with Gasteiger partial charge in [0.25, 0.3) is 0 Å². The van der Waals surface area contributed by atoms with Crippen molar-refractivity contribution >= 4 is 5.65 Å². The quantitative estimate of drug-likeness (QED) is 0.687. The van der Waals surface area contributed by atoms with Crippen molar-refractivity contribution in [1.29, 1.82) is 0 Å². The van der Waals surface area contributed by atoms with E-state index in [1.54, 1.807) is 18.6 Å². The lowest BCUT2D eigenvalue weighted by Gasteiger charge is -1.95. The first-order valence-electron chi connectivity index (χ1n) is 4.36. The summed E-state index contributed by atoms with van der Waals surface area (Å²) in [6, 6.07) is 0. The molecular formula is C8H11N5O. The highest BCUT2D eigenvalue weighted by Crippen LogP contribution is 1.91. The van der Waals surface area contributed by atoms with Crippen LogP contribution >= 0.6 is 0 Å². The Balaban J connectivity index is 2.47. The van der Waals surface area contributed by atoms with Crippen LogP contribution in [0.25, 0.3) is 5.65 Å². The van der Waals surface area contributed by atoms with Gasteiger partial charge in [0.2, 0.25) is 0 Å². The molecule has 0 aliphatic carbocycles. The maximum atomic E-state index is 11.6. The Hall–Kier alpha value is -1.69. The van der Waals surface area contributed by atoms with Crippen LogP contribution in [-0.4, -0.2) is 32.8 Å². The predicted octanol–water partition coefficient (Wildman–Crippen LogP) is -0.890. The molecule has 0 aliphatic rings. The van der Waals surface area contributed by atoms with Crippen molar-refractivity contribution in [1.82, 2.24) is 24.5 Å². The number of hydrogen-bond acceptors (Lipinski definition) is 4. The maximum absolute atomic E-state index is 11.6. The average molecular weight is 193 g/mol. The number of aromatic nitrogens is 4. The van der Waals surface area contributed by atoms with Gasteiger partial charge >= 0.3 is 5.69 Å². The Morgan fingerprint density at radius 3 is 3.14 bits per heavy atom. The molecule has 2 aromatic heterocycles. The van der Waals surface area contributed by atoms with Crippen LogP contribution in [0, 0.1) is 0 Å². The summed E-state index contributed by atoms with van der Waals surface area (Å²) in [6.07, 6.45) is 4.75. The first kappa shape index (κ1) is 8.89. The lowest BCUT2D eigenvalue weighted by atomic mass is 10.6. The minimum atomic E-state index is -0.127. The Bertz CT molecular complexity index is 486. The van der Waals surface area contributed by atoms with Gasteiger partial charge in [-0.15, -0.1) is 5.10 Å². The van der Waals surface area contributed by atoms with Crippen molar-refractivity contribution < 1.29 is 0 Å². The minimum absolute atomic E-state index is 0.127. The fraction of sp³-hybridized carbons (Fsp3) is 0.375. The fourth-order valence-electron chi connectivity index (χ4n) is 1.24. The normalized spacial score (nSPS) is 10.9. The van der Waals surface area contributed by atoms with E-state index in [9.17, 15) is 4.79 Å². The van der Waals surface area contributed by atoms with Gasteiger partial charge in [0, 0.05) is 18.9 Å². The third kappa shape index (κ3) is 1.39. The van der Waals surface area contributed by atoms with Crippen molar-refractivity contribution in [3.63, 3.8) is 0 Å². The lowest BCUT2D eigenvalue weighted by Crippen LogP contribution is -2.26. The van der Waals surface area contributed by atoms with Crippen molar-refractivity contribution in [3.8, 4) is 0 Å². The summed E-state index contributed by atoms with van der Waals surface area (Å²) in [4.78, 5) is 15.5. The Labute approximate surface area is 80.2 Å². The Morgan fingerprint density at radius 1 is 1.57 bits per heavy atom. The number of likely N-dealkylation sites (N-methyl/N-ethyl adjacent to an activating group) is 1. The molecule has 0 unspecified atom stereocenters. The average Bonchev–Trinajstić information content (AvgIpc) is 2.54. The van der Waals surface area contributed by atoms with Crippen LogP contribution in [0.4, 0.5) is 0 Å². The van der Waals surface area contributed by atoms with Gasteiger partial charge in [0.05, 0.1) is 12.7 Å². The van der Waals surface area contributed by atoms with Gasteiger partial charge in [-0.25, -0.2) is 13.9 Å². The molecule has 0 atom stereocenters. The molecule has 1 N–H and O–H groups in total. The monoisotopic (exact) mass is 193 g/mol. The van der Waals surface area contributed by atoms with Crippen LogP contribution < -0.4 is 11.0 Å². The van der Waals surface area contributed by atoms with Crippen LogP contribution in [0.2, 0.25) is 0 Å². The van der Waals surface area contributed by atoms with E-state index in [0.717, 1.165) is 6.54 Å². The van der Waals surface area contributed by atoms with E-state index in [0.29, 0.717) is 12.2 Å². The summed E-state index contributed by atoms with van der Waals surface area (Å²) in [5.74, 6) is 0. The molecule has 14 heavy (non-hydrogen) atoms. The summed E-state index contributed by atoms with van der Waals surface area (Å²) < 4.78 is 2.90. The molecular weight excluding hydrogens is 182 g/mol. The van der Waals surface area contributed by atoms with E-state index in [1.165, 1.54) is 9.08 Å². The summed E-state index contributed by atoms with van der Waals surface area (Å²) in [7, 11) is 1.84. The number of fused-ring (bicyclic) bond motifs is 1.